The Bertz CT molecular complexity index is 453. The molecule has 115 valence electrons. The molecule has 2 heterocycles. The average Bonchev–Trinajstić information content (AvgIpc) is 2.93. The molecule has 2 rings (SSSR count). The monoisotopic (exact) mass is 381 g/mol. The molecule has 1 aliphatic rings. The molecule has 0 atom stereocenters. The van der Waals surface area contributed by atoms with Crippen molar-refractivity contribution in [2.45, 2.75) is 19.8 Å². The van der Waals surface area contributed by atoms with Crippen LogP contribution < -0.4 is 0 Å². The van der Waals surface area contributed by atoms with Gasteiger partial charge in [0.15, 0.2) is 17.3 Å². The first-order valence-corrected chi connectivity index (χ1v) is 9.01. The summed E-state index contributed by atoms with van der Waals surface area (Å²) in [6, 6.07) is 5.81. The van der Waals surface area contributed by atoms with Gasteiger partial charge in [0.25, 0.3) is 0 Å². The van der Waals surface area contributed by atoms with Crippen LogP contribution in [0.2, 0.25) is 0 Å². The van der Waals surface area contributed by atoms with Crippen molar-refractivity contribution >= 4 is 43.7 Å². The van der Waals surface area contributed by atoms with Crippen LogP contribution in [0.3, 0.4) is 0 Å². The first kappa shape index (κ1) is 17.8. The number of thiol groups is 1. The second-order valence-corrected chi connectivity index (χ2v) is 6.04. The van der Waals surface area contributed by atoms with Gasteiger partial charge in [-0.2, -0.15) is 0 Å². The zero-order valence-corrected chi connectivity index (χ0v) is 14.3. The Morgan fingerprint density at radius 1 is 1.45 bits per heavy atom. The summed E-state index contributed by atoms with van der Waals surface area (Å²) in [4.78, 5) is 6.44. The normalized spacial score (nSPS) is 15.2. The summed E-state index contributed by atoms with van der Waals surface area (Å²) in [5, 5.41) is 4.70. The second kappa shape index (κ2) is 10.5. The minimum atomic E-state index is 0.686. The number of aromatic nitrogens is 1. The van der Waals surface area contributed by atoms with E-state index in [1.54, 1.807) is 6.21 Å². The van der Waals surface area contributed by atoms with Crippen LogP contribution in [0.4, 0.5) is 0 Å². The van der Waals surface area contributed by atoms with Crippen molar-refractivity contribution in [2.24, 2.45) is 5.10 Å². The summed E-state index contributed by atoms with van der Waals surface area (Å²) in [5.41, 5.74) is 5.86. The van der Waals surface area contributed by atoms with Crippen molar-refractivity contribution in [3.63, 3.8) is 0 Å². The van der Waals surface area contributed by atoms with E-state index in [9.17, 15) is 0 Å². The van der Waals surface area contributed by atoms with Crippen LogP contribution in [-0.4, -0.2) is 34.3 Å². The van der Waals surface area contributed by atoms with Gasteiger partial charge in [-0.25, -0.2) is 4.90 Å². The van der Waals surface area contributed by atoms with Crippen molar-refractivity contribution in [1.82, 2.24) is 9.88 Å². The van der Waals surface area contributed by atoms with Crippen LogP contribution in [0.1, 0.15) is 24.2 Å². The van der Waals surface area contributed by atoms with E-state index in [0.717, 1.165) is 37.6 Å². The molecule has 1 fully saturated rings. The molecule has 1 aliphatic heterocycles. The van der Waals surface area contributed by atoms with E-state index in [-0.39, 0.29) is 0 Å². The van der Waals surface area contributed by atoms with Gasteiger partial charge in [-0.05, 0) is 31.9 Å². The van der Waals surface area contributed by atoms with Gasteiger partial charge in [-0.1, -0.05) is 6.07 Å². The van der Waals surface area contributed by atoms with E-state index < -0.39 is 0 Å². The Morgan fingerprint density at radius 3 is 2.70 bits per heavy atom. The number of rotatable bonds is 2. The molecular weight excluding hydrogens is 367 g/mol. The summed E-state index contributed by atoms with van der Waals surface area (Å²) < 4.78 is 0. The van der Waals surface area contributed by atoms with E-state index in [4.69, 9.17) is 0 Å². The molecule has 1 aromatic rings. The molecule has 0 N–H and O–H groups in total. The summed E-state index contributed by atoms with van der Waals surface area (Å²) in [6.45, 7) is 4.01. The van der Waals surface area contributed by atoms with Crippen LogP contribution in [0, 0.1) is 6.92 Å². The summed E-state index contributed by atoms with van der Waals surface area (Å²) in [6.07, 6.45) is 4.07. The molecule has 0 aliphatic carbocycles. The van der Waals surface area contributed by atoms with E-state index in [0.29, 0.717) is 5.11 Å². The van der Waals surface area contributed by atoms with Crippen LogP contribution in [0.15, 0.2) is 23.3 Å². The van der Waals surface area contributed by atoms with Gasteiger partial charge in [-0.3, -0.25) is 4.98 Å². The van der Waals surface area contributed by atoms with E-state index in [1.165, 1.54) is 12.8 Å². The zero-order chi connectivity index (χ0) is 14.8. The van der Waals surface area contributed by atoms with Gasteiger partial charge < -0.3 is 10.5 Å². The van der Waals surface area contributed by atoms with Gasteiger partial charge in [0.05, 0.1) is 5.69 Å². The first-order valence-electron chi connectivity index (χ1n) is 5.97. The number of halogens is 2. The quantitative estimate of drug-likeness (QED) is 0.197. The zero-order valence-electron chi connectivity index (χ0n) is 10.9. The summed E-state index contributed by atoms with van der Waals surface area (Å²) in [7, 11) is 9.34. The van der Waals surface area contributed by atoms with Gasteiger partial charge in [0.1, 0.15) is 0 Å². The van der Waals surface area contributed by atoms with Crippen molar-refractivity contribution in [3.8, 4) is 0 Å². The maximum absolute atomic E-state index is 4.67. The number of pyridine rings is 1. The Labute approximate surface area is 139 Å². The molecular formula is C12H16Cl2CuN4S. The molecule has 0 radical (unpaired) electrons. The molecule has 0 amide bonds. The third kappa shape index (κ3) is 6.97. The number of hydrogen-bond acceptors (Lipinski definition) is 2. The van der Waals surface area contributed by atoms with E-state index in [1.807, 2.05) is 25.1 Å². The molecule has 0 spiro atoms. The SMILES string of the molecule is Cc1cccc(C=N[N-]C(=[SH+])N2CCCC2)n1.[Cl][Cu][Cl]. The topological polar surface area (TPSA) is 42.6 Å². The number of hydrogen-bond donors (Lipinski definition) is 0. The maximum atomic E-state index is 4.67. The fourth-order valence-corrected chi connectivity index (χ4v) is 2.01. The Morgan fingerprint density at radius 2 is 2.10 bits per heavy atom. The standard InChI is InChI=1S/C12H16N4S.2ClH.Cu/c1-10-5-4-6-11(14-10)9-13-15-12(17)16-7-2-3-8-16;;;/h4-6,9H,2-3,7-8H2,1H3,(H,14,15,17);2*1H;/q;;;+2/p-2. The molecule has 8 heteroatoms. The molecule has 0 bridgehead atoms. The molecule has 20 heavy (non-hydrogen) atoms. The van der Waals surface area contributed by atoms with Crippen LogP contribution in [0.5, 0.6) is 0 Å². The van der Waals surface area contributed by atoms with Gasteiger partial charge in [0.2, 0.25) is 0 Å². The van der Waals surface area contributed by atoms with Crippen LogP contribution in [0.25, 0.3) is 5.43 Å². The van der Waals surface area contributed by atoms with Crippen molar-refractivity contribution in [1.29, 1.82) is 0 Å². The molecule has 1 saturated heterocycles. The first-order chi connectivity index (χ1) is 9.67. The number of aryl methyl sites for hydroxylation is 1. The van der Waals surface area contributed by atoms with Crippen molar-refractivity contribution in [2.75, 3.05) is 13.1 Å². The third-order valence-electron chi connectivity index (χ3n) is 2.64. The fraction of sp³-hybridized carbons (Fsp3) is 0.417. The average molecular weight is 383 g/mol. The molecule has 0 saturated carbocycles. The summed E-state index contributed by atoms with van der Waals surface area (Å²) in [5.74, 6) is 0. The number of nitrogens with zero attached hydrogens (tertiary/aromatic N) is 4. The molecule has 0 aromatic carbocycles. The van der Waals surface area contributed by atoms with Gasteiger partial charge in [0, 0.05) is 25.0 Å². The van der Waals surface area contributed by atoms with Crippen LogP contribution >= 0.6 is 20.2 Å². The van der Waals surface area contributed by atoms with Crippen molar-refractivity contribution < 1.29 is 13.1 Å². The minimum absolute atomic E-state index is 0.686. The van der Waals surface area contributed by atoms with E-state index in [2.05, 4.69) is 52.8 Å². The molecule has 4 nitrogen and oxygen atoms in total. The van der Waals surface area contributed by atoms with Crippen molar-refractivity contribution in [3.05, 3.63) is 35.0 Å². The van der Waals surface area contributed by atoms with Gasteiger partial charge >= 0.3 is 33.3 Å². The predicted molar refractivity (Wildman–Crippen MR) is 86.2 cm³/mol. The molecule has 0 unspecified atom stereocenters. The third-order valence-corrected chi connectivity index (χ3v) is 3.01. The van der Waals surface area contributed by atoms with E-state index >= 15 is 0 Å². The Balaban J connectivity index is 0.000000612. The Kier molecular flexibility index (Phi) is 9.35. The fourth-order valence-electron chi connectivity index (χ4n) is 1.76. The summed E-state index contributed by atoms with van der Waals surface area (Å²) >= 11 is 5.09. The van der Waals surface area contributed by atoms with Gasteiger partial charge in [-0.15, -0.1) is 0 Å². The van der Waals surface area contributed by atoms with Crippen LogP contribution in [-0.2, 0) is 25.4 Å². The number of likely N-dealkylation sites (tertiary alicyclic amines) is 1. The molecule has 1 aromatic heterocycles. The second-order valence-electron chi connectivity index (χ2n) is 4.09. The Hall–Kier alpha value is -0.231. The predicted octanol–water partition coefficient (Wildman–Crippen LogP) is 2.94.